The molecule has 2 atom stereocenters. The molecule has 1 aromatic carbocycles. The number of hydrogen-bond acceptors (Lipinski definition) is 2. The molecule has 1 aromatic rings. The average Bonchev–Trinajstić information content (AvgIpc) is 2.33. The Morgan fingerprint density at radius 3 is 2.73 bits per heavy atom. The molecule has 0 amide bonds. The van der Waals surface area contributed by atoms with Crippen LogP contribution >= 0.6 is 0 Å². The average molecular weight is 203 g/mol. The molecule has 0 saturated carbocycles. The van der Waals surface area contributed by atoms with Crippen molar-refractivity contribution in [3.63, 3.8) is 0 Å². The van der Waals surface area contributed by atoms with Gasteiger partial charge in [-0.15, -0.1) is 0 Å². The number of nitrogens with one attached hydrogen (secondary N) is 1. The van der Waals surface area contributed by atoms with Crippen LogP contribution in [0.3, 0.4) is 0 Å². The highest BCUT2D eigenvalue weighted by atomic mass is 16.1. The number of rotatable bonds is 3. The zero-order chi connectivity index (χ0) is 10.5. The molecule has 0 aliphatic carbocycles. The SMILES string of the molecule is O=CC(c1ccccc1)[C@H]1CCCNC1. The van der Waals surface area contributed by atoms with Crippen LogP contribution in [0.1, 0.15) is 24.3 Å². The first-order chi connectivity index (χ1) is 7.42. The first-order valence-corrected chi connectivity index (χ1v) is 5.63. The normalized spacial score (nSPS) is 23.3. The molecule has 15 heavy (non-hydrogen) atoms. The monoisotopic (exact) mass is 203 g/mol. The van der Waals surface area contributed by atoms with Crippen molar-refractivity contribution in [2.75, 3.05) is 13.1 Å². The molecule has 1 N–H and O–H groups in total. The summed E-state index contributed by atoms with van der Waals surface area (Å²) in [7, 11) is 0. The van der Waals surface area contributed by atoms with E-state index < -0.39 is 0 Å². The number of piperidine rings is 1. The highest BCUT2D eigenvalue weighted by Gasteiger charge is 2.24. The minimum Gasteiger partial charge on any atom is -0.316 e. The highest BCUT2D eigenvalue weighted by Crippen LogP contribution is 2.27. The second kappa shape index (κ2) is 5.08. The maximum atomic E-state index is 11.2. The van der Waals surface area contributed by atoms with Crippen LogP contribution in [-0.2, 0) is 4.79 Å². The van der Waals surface area contributed by atoms with Gasteiger partial charge in [-0.05, 0) is 37.4 Å². The largest absolute Gasteiger partial charge is 0.316 e. The van der Waals surface area contributed by atoms with Crippen molar-refractivity contribution in [1.82, 2.24) is 5.32 Å². The maximum Gasteiger partial charge on any atom is 0.127 e. The van der Waals surface area contributed by atoms with Crippen LogP contribution in [0.25, 0.3) is 0 Å². The smallest absolute Gasteiger partial charge is 0.127 e. The lowest BCUT2D eigenvalue weighted by atomic mass is 9.82. The third-order valence-corrected chi connectivity index (χ3v) is 3.17. The Hall–Kier alpha value is -1.15. The van der Waals surface area contributed by atoms with Gasteiger partial charge in [0.2, 0.25) is 0 Å². The first kappa shape index (κ1) is 10.4. The number of benzene rings is 1. The standard InChI is InChI=1S/C13H17NO/c15-10-13(11-5-2-1-3-6-11)12-7-4-8-14-9-12/h1-3,5-6,10,12-14H,4,7-9H2/t12-,13?/m0/s1. The molecule has 1 aliphatic heterocycles. The fraction of sp³-hybridized carbons (Fsp3) is 0.462. The molecular formula is C13H17NO. The van der Waals surface area contributed by atoms with Crippen molar-refractivity contribution in [3.05, 3.63) is 35.9 Å². The molecule has 1 saturated heterocycles. The van der Waals surface area contributed by atoms with Crippen LogP contribution in [0.2, 0.25) is 0 Å². The lowest BCUT2D eigenvalue weighted by molar-refractivity contribution is -0.110. The summed E-state index contributed by atoms with van der Waals surface area (Å²) in [6.07, 6.45) is 3.44. The van der Waals surface area contributed by atoms with Gasteiger partial charge in [0.1, 0.15) is 6.29 Å². The van der Waals surface area contributed by atoms with E-state index in [4.69, 9.17) is 0 Å². The Bertz CT molecular complexity index is 304. The quantitative estimate of drug-likeness (QED) is 0.761. The van der Waals surface area contributed by atoms with E-state index in [0.29, 0.717) is 5.92 Å². The molecule has 1 unspecified atom stereocenters. The van der Waals surface area contributed by atoms with Crippen LogP contribution in [0.4, 0.5) is 0 Å². The lowest BCUT2D eigenvalue weighted by Gasteiger charge is -2.27. The van der Waals surface area contributed by atoms with Crippen LogP contribution in [0, 0.1) is 5.92 Å². The summed E-state index contributed by atoms with van der Waals surface area (Å²) in [5.74, 6) is 0.539. The molecule has 2 rings (SSSR count). The van der Waals surface area contributed by atoms with Gasteiger partial charge in [0, 0.05) is 5.92 Å². The summed E-state index contributed by atoms with van der Waals surface area (Å²) in [6, 6.07) is 10.1. The van der Waals surface area contributed by atoms with E-state index in [1.54, 1.807) is 0 Å². The van der Waals surface area contributed by atoms with E-state index in [-0.39, 0.29) is 5.92 Å². The Labute approximate surface area is 90.7 Å². The van der Waals surface area contributed by atoms with E-state index in [0.717, 1.165) is 31.4 Å². The van der Waals surface area contributed by atoms with Crippen molar-refractivity contribution in [2.24, 2.45) is 5.92 Å². The van der Waals surface area contributed by atoms with Gasteiger partial charge in [-0.1, -0.05) is 30.3 Å². The van der Waals surface area contributed by atoms with E-state index >= 15 is 0 Å². The second-order valence-corrected chi connectivity index (χ2v) is 4.18. The predicted octanol–water partition coefficient (Wildman–Crippen LogP) is 1.97. The summed E-state index contributed by atoms with van der Waals surface area (Å²) < 4.78 is 0. The summed E-state index contributed by atoms with van der Waals surface area (Å²) in [6.45, 7) is 2.06. The van der Waals surface area contributed by atoms with Gasteiger partial charge >= 0.3 is 0 Å². The van der Waals surface area contributed by atoms with Gasteiger partial charge in [0.25, 0.3) is 0 Å². The molecule has 0 bridgehead atoms. The molecule has 0 aromatic heterocycles. The third-order valence-electron chi connectivity index (χ3n) is 3.17. The minimum atomic E-state index is 0.0685. The Kier molecular flexibility index (Phi) is 3.51. The number of hydrogen-bond donors (Lipinski definition) is 1. The third kappa shape index (κ3) is 2.45. The van der Waals surface area contributed by atoms with Crippen LogP contribution in [-0.4, -0.2) is 19.4 Å². The molecule has 0 spiro atoms. The number of carbonyl (C=O) groups excluding carboxylic acids is 1. The summed E-state index contributed by atoms with van der Waals surface area (Å²) in [5.41, 5.74) is 1.15. The molecule has 2 heteroatoms. The molecular weight excluding hydrogens is 186 g/mol. The van der Waals surface area contributed by atoms with Gasteiger partial charge in [-0.25, -0.2) is 0 Å². The zero-order valence-corrected chi connectivity index (χ0v) is 8.86. The molecule has 1 fully saturated rings. The fourth-order valence-electron chi connectivity index (χ4n) is 2.32. The van der Waals surface area contributed by atoms with Gasteiger partial charge in [0.15, 0.2) is 0 Å². The van der Waals surface area contributed by atoms with Crippen LogP contribution in [0.5, 0.6) is 0 Å². The van der Waals surface area contributed by atoms with E-state index in [2.05, 4.69) is 5.32 Å². The van der Waals surface area contributed by atoms with Gasteiger partial charge in [-0.3, -0.25) is 0 Å². The Balaban J connectivity index is 2.12. The van der Waals surface area contributed by atoms with Crippen molar-refractivity contribution in [1.29, 1.82) is 0 Å². The fourth-order valence-corrected chi connectivity index (χ4v) is 2.32. The van der Waals surface area contributed by atoms with Crippen LogP contribution in [0.15, 0.2) is 30.3 Å². The van der Waals surface area contributed by atoms with Gasteiger partial charge < -0.3 is 10.1 Å². The minimum absolute atomic E-state index is 0.0685. The Morgan fingerprint density at radius 2 is 2.13 bits per heavy atom. The van der Waals surface area contributed by atoms with E-state index in [9.17, 15) is 4.79 Å². The summed E-state index contributed by atoms with van der Waals surface area (Å²) in [4.78, 5) is 11.2. The molecule has 80 valence electrons. The highest BCUT2D eigenvalue weighted by molar-refractivity contribution is 5.62. The molecule has 2 nitrogen and oxygen atoms in total. The van der Waals surface area contributed by atoms with E-state index in [1.807, 2.05) is 30.3 Å². The van der Waals surface area contributed by atoms with Crippen molar-refractivity contribution in [3.8, 4) is 0 Å². The van der Waals surface area contributed by atoms with Crippen LogP contribution < -0.4 is 5.32 Å². The Morgan fingerprint density at radius 1 is 1.33 bits per heavy atom. The van der Waals surface area contributed by atoms with Crippen molar-refractivity contribution < 1.29 is 4.79 Å². The van der Waals surface area contributed by atoms with Gasteiger partial charge in [-0.2, -0.15) is 0 Å². The molecule has 0 radical (unpaired) electrons. The molecule has 1 heterocycles. The number of carbonyl (C=O) groups is 1. The molecule has 1 aliphatic rings. The predicted molar refractivity (Wildman–Crippen MR) is 60.8 cm³/mol. The lowest BCUT2D eigenvalue weighted by Crippen LogP contribution is -2.33. The first-order valence-electron chi connectivity index (χ1n) is 5.63. The van der Waals surface area contributed by atoms with Gasteiger partial charge in [0.05, 0.1) is 0 Å². The number of aldehydes is 1. The van der Waals surface area contributed by atoms with Crippen molar-refractivity contribution in [2.45, 2.75) is 18.8 Å². The summed E-state index contributed by atoms with van der Waals surface area (Å²) >= 11 is 0. The topological polar surface area (TPSA) is 29.1 Å². The van der Waals surface area contributed by atoms with E-state index in [1.165, 1.54) is 6.42 Å². The van der Waals surface area contributed by atoms with Crippen molar-refractivity contribution >= 4 is 6.29 Å². The zero-order valence-electron chi connectivity index (χ0n) is 8.86. The summed E-state index contributed by atoms with van der Waals surface area (Å²) in [5, 5.41) is 3.36. The second-order valence-electron chi connectivity index (χ2n) is 4.18. The maximum absolute atomic E-state index is 11.2.